The molecule has 0 radical (unpaired) electrons. The van der Waals surface area contributed by atoms with E-state index in [-0.39, 0.29) is 24.4 Å². The van der Waals surface area contributed by atoms with E-state index in [0.717, 1.165) is 23.1 Å². The lowest BCUT2D eigenvalue weighted by Crippen LogP contribution is -2.20. The lowest BCUT2D eigenvalue weighted by molar-refractivity contribution is 0.171. The summed E-state index contributed by atoms with van der Waals surface area (Å²) >= 11 is 0. The second kappa shape index (κ2) is 7.07. The van der Waals surface area contributed by atoms with Gasteiger partial charge in [0.1, 0.15) is 5.75 Å². The lowest BCUT2D eigenvalue weighted by atomic mass is 9.77. The molecule has 1 aromatic rings. The van der Waals surface area contributed by atoms with Crippen molar-refractivity contribution in [3.8, 4) is 5.75 Å². The van der Waals surface area contributed by atoms with Crippen LogP contribution in [-0.2, 0) is 34.7 Å². The molecule has 1 aromatic carbocycles. The predicted octanol–water partition coefficient (Wildman–Crippen LogP) is 2.86. The highest BCUT2D eigenvalue weighted by Gasteiger charge is 2.26. The van der Waals surface area contributed by atoms with Gasteiger partial charge in [-0.2, -0.15) is 0 Å². The van der Waals surface area contributed by atoms with Gasteiger partial charge in [-0.25, -0.2) is 0 Å². The molecule has 4 nitrogen and oxygen atoms in total. The van der Waals surface area contributed by atoms with Crippen molar-refractivity contribution in [3.63, 3.8) is 0 Å². The van der Waals surface area contributed by atoms with Crippen molar-refractivity contribution in [1.29, 1.82) is 0 Å². The second-order valence-corrected chi connectivity index (χ2v) is 5.65. The highest BCUT2D eigenvalue weighted by atomic mass is 16.5. The minimum Gasteiger partial charge on any atom is -0.507 e. The monoisotopic (exact) mass is 282 g/mol. The number of rotatable bonds is 7. The van der Waals surface area contributed by atoms with Gasteiger partial charge in [0.05, 0.1) is 19.8 Å². The number of hydrogen-bond donors (Lipinski definition) is 2. The zero-order valence-electron chi connectivity index (χ0n) is 13.1. The van der Waals surface area contributed by atoms with E-state index in [1.165, 1.54) is 0 Å². The second-order valence-electron chi connectivity index (χ2n) is 5.65. The Morgan fingerprint density at radius 2 is 1.70 bits per heavy atom. The van der Waals surface area contributed by atoms with E-state index in [2.05, 4.69) is 20.8 Å². The van der Waals surface area contributed by atoms with Crippen molar-refractivity contribution < 1.29 is 19.7 Å². The van der Waals surface area contributed by atoms with E-state index < -0.39 is 0 Å². The molecule has 0 spiro atoms. The Kier molecular flexibility index (Phi) is 5.99. The molecule has 0 unspecified atom stereocenters. The first-order valence-electron chi connectivity index (χ1n) is 6.88. The van der Waals surface area contributed by atoms with E-state index in [1.807, 2.05) is 6.07 Å². The fourth-order valence-electron chi connectivity index (χ4n) is 2.37. The molecule has 0 aliphatic carbocycles. The van der Waals surface area contributed by atoms with Crippen LogP contribution in [0.1, 0.15) is 49.4 Å². The molecule has 0 amide bonds. The van der Waals surface area contributed by atoms with Crippen LogP contribution in [0.3, 0.4) is 0 Å². The third kappa shape index (κ3) is 3.32. The molecule has 0 heterocycles. The van der Waals surface area contributed by atoms with Crippen LogP contribution in [0.2, 0.25) is 0 Å². The summed E-state index contributed by atoms with van der Waals surface area (Å²) in [4.78, 5) is 0. The molecule has 0 fully saturated rings. The number of aromatic hydroxyl groups is 1. The molecular formula is C16H26O4. The van der Waals surface area contributed by atoms with Crippen LogP contribution in [0.15, 0.2) is 6.07 Å². The largest absolute Gasteiger partial charge is 0.507 e. The van der Waals surface area contributed by atoms with Crippen LogP contribution < -0.4 is 0 Å². The zero-order valence-corrected chi connectivity index (χ0v) is 13.1. The standard InChI is InChI=1S/C16H26O4/c1-6-16(2,3)14-7-11(9-19-4)15(18)13(10-20-5)12(14)8-17/h7,17-18H,6,8-10H2,1-5H3. The van der Waals surface area contributed by atoms with Crippen LogP contribution in [0, 0.1) is 0 Å². The molecule has 0 atom stereocenters. The van der Waals surface area contributed by atoms with Gasteiger partial charge >= 0.3 is 0 Å². The third-order valence-corrected chi connectivity index (χ3v) is 3.96. The highest BCUT2D eigenvalue weighted by Crippen LogP contribution is 2.38. The van der Waals surface area contributed by atoms with E-state index in [9.17, 15) is 10.2 Å². The maximum atomic E-state index is 10.4. The number of benzene rings is 1. The molecule has 0 bridgehead atoms. The molecule has 0 saturated carbocycles. The molecule has 0 aromatic heterocycles. The summed E-state index contributed by atoms with van der Waals surface area (Å²) < 4.78 is 10.3. The van der Waals surface area contributed by atoms with Crippen LogP contribution in [0.25, 0.3) is 0 Å². The topological polar surface area (TPSA) is 58.9 Å². The highest BCUT2D eigenvalue weighted by molar-refractivity contribution is 5.51. The van der Waals surface area contributed by atoms with E-state index in [0.29, 0.717) is 12.2 Å². The normalized spacial score (nSPS) is 11.9. The third-order valence-electron chi connectivity index (χ3n) is 3.96. The van der Waals surface area contributed by atoms with E-state index >= 15 is 0 Å². The SMILES string of the molecule is CCC(C)(C)c1cc(COC)c(O)c(COC)c1CO. The molecule has 0 aliphatic heterocycles. The van der Waals surface area contributed by atoms with Crippen molar-refractivity contribution in [2.24, 2.45) is 0 Å². The summed E-state index contributed by atoms with van der Waals surface area (Å²) in [6, 6.07) is 1.94. The van der Waals surface area contributed by atoms with E-state index in [1.54, 1.807) is 14.2 Å². The lowest BCUT2D eigenvalue weighted by Gasteiger charge is -2.29. The molecule has 114 valence electrons. The maximum Gasteiger partial charge on any atom is 0.126 e. The van der Waals surface area contributed by atoms with Crippen LogP contribution in [0.4, 0.5) is 0 Å². The molecule has 0 saturated heterocycles. The molecule has 4 heteroatoms. The number of phenolic OH excluding ortho intramolecular Hbond substituents is 1. The average molecular weight is 282 g/mol. The molecule has 1 rings (SSSR count). The number of phenols is 1. The van der Waals surface area contributed by atoms with Crippen LogP contribution >= 0.6 is 0 Å². The van der Waals surface area contributed by atoms with Crippen LogP contribution in [-0.4, -0.2) is 24.4 Å². The van der Waals surface area contributed by atoms with Crippen molar-refractivity contribution in [1.82, 2.24) is 0 Å². The van der Waals surface area contributed by atoms with Crippen molar-refractivity contribution in [2.45, 2.75) is 52.4 Å². The van der Waals surface area contributed by atoms with Crippen molar-refractivity contribution in [2.75, 3.05) is 14.2 Å². The van der Waals surface area contributed by atoms with Crippen LogP contribution in [0.5, 0.6) is 5.75 Å². The fraction of sp³-hybridized carbons (Fsp3) is 0.625. The smallest absolute Gasteiger partial charge is 0.126 e. The van der Waals surface area contributed by atoms with Crippen molar-refractivity contribution in [3.05, 3.63) is 28.3 Å². The Labute approximate surface area is 121 Å². The van der Waals surface area contributed by atoms with Gasteiger partial charge in [-0.1, -0.05) is 20.8 Å². The molecule has 20 heavy (non-hydrogen) atoms. The van der Waals surface area contributed by atoms with Gasteiger partial charge in [-0.3, -0.25) is 0 Å². The van der Waals surface area contributed by atoms with E-state index in [4.69, 9.17) is 9.47 Å². The summed E-state index contributed by atoms with van der Waals surface area (Å²) in [7, 11) is 3.17. The van der Waals surface area contributed by atoms with Gasteiger partial charge in [0.2, 0.25) is 0 Å². The minimum atomic E-state index is -0.113. The van der Waals surface area contributed by atoms with Gasteiger partial charge in [-0.15, -0.1) is 0 Å². The first-order valence-corrected chi connectivity index (χ1v) is 6.88. The van der Waals surface area contributed by atoms with Gasteiger partial charge in [0, 0.05) is 25.3 Å². The summed E-state index contributed by atoms with van der Waals surface area (Å²) in [5, 5.41) is 20.1. The fourth-order valence-corrected chi connectivity index (χ4v) is 2.37. The average Bonchev–Trinajstić information content (AvgIpc) is 2.43. The predicted molar refractivity (Wildman–Crippen MR) is 78.8 cm³/mol. The molecule has 0 aliphatic rings. The minimum absolute atomic E-state index is 0.0866. The van der Waals surface area contributed by atoms with Gasteiger partial charge in [-0.05, 0) is 29.0 Å². The first kappa shape index (κ1) is 17.0. The van der Waals surface area contributed by atoms with Gasteiger partial charge < -0.3 is 19.7 Å². The Morgan fingerprint density at radius 3 is 2.15 bits per heavy atom. The zero-order chi connectivity index (χ0) is 15.3. The number of aliphatic hydroxyl groups is 1. The Hall–Kier alpha value is -1.10. The quantitative estimate of drug-likeness (QED) is 0.807. The summed E-state index contributed by atoms with van der Waals surface area (Å²) in [5.41, 5.74) is 3.10. The maximum absolute atomic E-state index is 10.4. The number of hydrogen-bond acceptors (Lipinski definition) is 4. The van der Waals surface area contributed by atoms with Gasteiger partial charge in [0.25, 0.3) is 0 Å². The number of ether oxygens (including phenoxy) is 2. The summed E-state index contributed by atoms with van der Waals surface area (Å²) in [5.74, 6) is 0.161. The van der Waals surface area contributed by atoms with Gasteiger partial charge in [0.15, 0.2) is 0 Å². The first-order chi connectivity index (χ1) is 9.42. The number of methoxy groups -OCH3 is 2. The summed E-state index contributed by atoms with van der Waals surface area (Å²) in [6.45, 7) is 6.86. The Morgan fingerprint density at radius 1 is 1.10 bits per heavy atom. The summed E-state index contributed by atoms with van der Waals surface area (Å²) in [6.07, 6.45) is 0.934. The van der Waals surface area contributed by atoms with Crippen molar-refractivity contribution >= 4 is 0 Å². The molecule has 2 N–H and O–H groups in total. The Bertz CT molecular complexity index is 452. The molecular weight excluding hydrogens is 256 g/mol. The number of aliphatic hydroxyl groups excluding tert-OH is 1. The Balaban J connectivity index is 3.56.